The second kappa shape index (κ2) is 58.9. The molecule has 0 aliphatic heterocycles. The third kappa shape index (κ3) is 57.1. The van der Waals surface area contributed by atoms with Gasteiger partial charge in [0.05, 0.1) is 0 Å². The van der Waals surface area contributed by atoms with Gasteiger partial charge in [-0.3, -0.25) is 14.4 Å². The molecule has 6 heteroatoms. The van der Waals surface area contributed by atoms with Crippen LogP contribution in [0, 0.1) is 0 Å². The minimum absolute atomic E-state index is 0.105. The van der Waals surface area contributed by atoms with E-state index in [0.717, 1.165) is 89.9 Å². The maximum Gasteiger partial charge on any atom is 0.306 e. The first-order valence-electron chi connectivity index (χ1n) is 29.7. The number of carbonyl (C=O) groups excluding carboxylic acids is 3. The second-order valence-electron chi connectivity index (χ2n) is 19.5. The fourth-order valence-corrected chi connectivity index (χ4v) is 8.02. The second-order valence-corrected chi connectivity index (χ2v) is 19.5. The quantitative estimate of drug-likeness (QED) is 0.0261. The Morgan fingerprint density at radius 3 is 0.873 bits per heavy atom. The molecule has 0 radical (unpaired) electrons. The average Bonchev–Trinajstić information content (AvgIpc) is 3.37. The number of allylic oxidation sites excluding steroid dienone is 16. The molecule has 0 unspecified atom stereocenters. The number of unbranched alkanes of at least 4 members (excludes halogenated alkanes) is 26. The standard InChI is InChI=1S/C65H110O6/c1-4-7-10-13-16-19-22-25-28-31-32-35-37-40-43-46-49-52-55-58-64(67)70-61-62(71-65(68)59-56-53-50-47-44-41-38-34-30-27-24-21-18-15-12-9-6-3)60-69-63(66)57-54-51-48-45-42-39-36-33-29-26-23-20-17-14-11-8-5-2/h16,18-19,21,25-30,36,38-39,41,45,48,62H,4-15,17,20,22-24,31-35,37,40,42-44,46-47,49-61H2,1-3H3/b19-16-,21-18-,28-25-,29-26-,30-27-,39-36-,41-38-,48-45-/t62-/m0/s1. The van der Waals surface area contributed by atoms with Gasteiger partial charge in [0, 0.05) is 19.3 Å². The summed E-state index contributed by atoms with van der Waals surface area (Å²) in [4.78, 5) is 38.2. The van der Waals surface area contributed by atoms with Crippen molar-refractivity contribution in [2.24, 2.45) is 0 Å². The van der Waals surface area contributed by atoms with E-state index in [0.29, 0.717) is 12.8 Å². The molecule has 406 valence electrons. The molecule has 0 bridgehead atoms. The molecule has 0 aliphatic carbocycles. The average molecular weight is 988 g/mol. The lowest BCUT2D eigenvalue weighted by Crippen LogP contribution is -2.30. The maximum atomic E-state index is 12.9. The minimum Gasteiger partial charge on any atom is -0.462 e. The van der Waals surface area contributed by atoms with Crippen LogP contribution in [0.4, 0.5) is 0 Å². The smallest absolute Gasteiger partial charge is 0.306 e. The van der Waals surface area contributed by atoms with Crippen molar-refractivity contribution in [1.29, 1.82) is 0 Å². The lowest BCUT2D eigenvalue weighted by atomic mass is 10.1. The monoisotopic (exact) mass is 987 g/mol. The summed E-state index contributed by atoms with van der Waals surface area (Å²) >= 11 is 0. The Labute approximate surface area is 438 Å². The van der Waals surface area contributed by atoms with E-state index in [9.17, 15) is 14.4 Å². The zero-order chi connectivity index (χ0) is 51.4. The summed E-state index contributed by atoms with van der Waals surface area (Å²) in [7, 11) is 0. The minimum atomic E-state index is -0.813. The van der Waals surface area contributed by atoms with Crippen molar-refractivity contribution in [2.75, 3.05) is 13.2 Å². The highest BCUT2D eigenvalue weighted by Gasteiger charge is 2.19. The van der Waals surface area contributed by atoms with E-state index in [-0.39, 0.29) is 44.0 Å². The molecule has 0 heterocycles. The van der Waals surface area contributed by atoms with Crippen molar-refractivity contribution in [3.05, 3.63) is 97.2 Å². The molecule has 0 aromatic carbocycles. The Kier molecular flexibility index (Phi) is 55.9. The summed E-state index contributed by atoms with van der Waals surface area (Å²) in [5, 5.41) is 0. The predicted octanol–water partition coefficient (Wildman–Crippen LogP) is 20.1. The normalized spacial score (nSPS) is 12.8. The first-order valence-corrected chi connectivity index (χ1v) is 29.7. The molecule has 0 saturated carbocycles. The molecule has 0 aromatic rings. The van der Waals surface area contributed by atoms with E-state index >= 15 is 0 Å². The third-order valence-corrected chi connectivity index (χ3v) is 12.5. The molecule has 0 rings (SSSR count). The van der Waals surface area contributed by atoms with Crippen LogP contribution in [-0.2, 0) is 28.6 Å². The molecule has 0 aromatic heterocycles. The number of carbonyl (C=O) groups is 3. The highest BCUT2D eigenvalue weighted by molar-refractivity contribution is 5.71. The highest BCUT2D eigenvalue weighted by atomic mass is 16.6. The van der Waals surface area contributed by atoms with Gasteiger partial charge in [-0.25, -0.2) is 0 Å². The van der Waals surface area contributed by atoms with Crippen molar-refractivity contribution in [3.8, 4) is 0 Å². The van der Waals surface area contributed by atoms with Gasteiger partial charge in [-0.1, -0.05) is 234 Å². The Bertz CT molecular complexity index is 1410. The fraction of sp³-hybridized carbons (Fsp3) is 0.708. The molecule has 0 saturated heterocycles. The largest absolute Gasteiger partial charge is 0.462 e. The van der Waals surface area contributed by atoms with E-state index in [4.69, 9.17) is 14.2 Å². The molecular weight excluding hydrogens is 877 g/mol. The van der Waals surface area contributed by atoms with Crippen molar-refractivity contribution in [1.82, 2.24) is 0 Å². The summed E-state index contributed by atoms with van der Waals surface area (Å²) in [5.41, 5.74) is 0. The zero-order valence-electron chi connectivity index (χ0n) is 46.5. The van der Waals surface area contributed by atoms with Crippen LogP contribution < -0.4 is 0 Å². The first kappa shape index (κ1) is 67.3. The van der Waals surface area contributed by atoms with Gasteiger partial charge >= 0.3 is 17.9 Å². The molecule has 6 nitrogen and oxygen atoms in total. The van der Waals surface area contributed by atoms with Gasteiger partial charge in [0.2, 0.25) is 0 Å². The summed E-state index contributed by atoms with van der Waals surface area (Å²) in [6.07, 6.45) is 78.3. The summed E-state index contributed by atoms with van der Waals surface area (Å²) in [6, 6.07) is 0. The van der Waals surface area contributed by atoms with Crippen LogP contribution in [0.1, 0.15) is 278 Å². The first-order chi connectivity index (χ1) is 35.0. The van der Waals surface area contributed by atoms with Crippen LogP contribution in [0.3, 0.4) is 0 Å². The molecule has 71 heavy (non-hydrogen) atoms. The van der Waals surface area contributed by atoms with Gasteiger partial charge in [0.15, 0.2) is 6.10 Å². The molecular formula is C65H110O6. The van der Waals surface area contributed by atoms with Gasteiger partial charge in [-0.2, -0.15) is 0 Å². The molecule has 0 fully saturated rings. The maximum absolute atomic E-state index is 12.9. The van der Waals surface area contributed by atoms with Crippen molar-refractivity contribution in [2.45, 2.75) is 284 Å². The Morgan fingerprint density at radius 1 is 0.282 bits per heavy atom. The van der Waals surface area contributed by atoms with E-state index in [1.165, 1.54) is 141 Å². The number of hydrogen-bond donors (Lipinski definition) is 0. The van der Waals surface area contributed by atoms with Crippen LogP contribution in [0.15, 0.2) is 97.2 Å². The number of rotatable bonds is 53. The van der Waals surface area contributed by atoms with Crippen LogP contribution in [0.5, 0.6) is 0 Å². The van der Waals surface area contributed by atoms with Crippen LogP contribution >= 0.6 is 0 Å². The predicted molar refractivity (Wildman–Crippen MR) is 307 cm³/mol. The van der Waals surface area contributed by atoms with Crippen LogP contribution in [0.25, 0.3) is 0 Å². The van der Waals surface area contributed by atoms with Gasteiger partial charge in [-0.15, -0.1) is 0 Å². The van der Waals surface area contributed by atoms with Gasteiger partial charge < -0.3 is 14.2 Å². The van der Waals surface area contributed by atoms with E-state index < -0.39 is 6.10 Å². The van der Waals surface area contributed by atoms with Gasteiger partial charge in [0.25, 0.3) is 0 Å². The van der Waals surface area contributed by atoms with Gasteiger partial charge in [-0.05, 0) is 122 Å². The molecule has 0 amide bonds. The molecule has 0 N–H and O–H groups in total. The molecule has 1 atom stereocenters. The van der Waals surface area contributed by atoms with Crippen LogP contribution in [0.2, 0.25) is 0 Å². The Hall–Kier alpha value is -3.67. The Balaban J connectivity index is 4.50. The lowest BCUT2D eigenvalue weighted by molar-refractivity contribution is -0.167. The Morgan fingerprint density at radius 2 is 0.521 bits per heavy atom. The van der Waals surface area contributed by atoms with Crippen molar-refractivity contribution >= 4 is 17.9 Å². The van der Waals surface area contributed by atoms with Crippen molar-refractivity contribution in [3.63, 3.8) is 0 Å². The third-order valence-electron chi connectivity index (χ3n) is 12.5. The summed E-state index contributed by atoms with van der Waals surface area (Å²) in [5.74, 6) is -0.981. The van der Waals surface area contributed by atoms with Gasteiger partial charge in [0.1, 0.15) is 13.2 Å². The molecule has 0 aliphatic rings. The lowest BCUT2D eigenvalue weighted by Gasteiger charge is -2.18. The number of ether oxygens (including phenoxy) is 3. The van der Waals surface area contributed by atoms with Crippen molar-refractivity contribution < 1.29 is 28.6 Å². The zero-order valence-corrected chi connectivity index (χ0v) is 46.5. The summed E-state index contributed by atoms with van der Waals surface area (Å²) in [6.45, 7) is 6.53. The number of esters is 3. The highest BCUT2D eigenvalue weighted by Crippen LogP contribution is 2.14. The topological polar surface area (TPSA) is 78.9 Å². The SMILES string of the molecule is CCCCC/C=C\C/C=C\C/C=C\CCCCCCC(=O)O[C@@H](COC(=O)CCC/C=C\C/C=C\C/C=C\CCCCCCCC)COC(=O)CCCCCCCCCCC/C=C\C/C=C\CCCCC. The van der Waals surface area contributed by atoms with E-state index in [1.807, 2.05) is 0 Å². The fourth-order valence-electron chi connectivity index (χ4n) is 8.02. The molecule has 0 spiro atoms. The van der Waals surface area contributed by atoms with E-state index in [2.05, 4.69) is 118 Å². The van der Waals surface area contributed by atoms with E-state index in [1.54, 1.807) is 0 Å². The summed E-state index contributed by atoms with van der Waals surface area (Å²) < 4.78 is 16.8. The van der Waals surface area contributed by atoms with Crippen LogP contribution in [-0.4, -0.2) is 37.2 Å². The number of hydrogen-bond acceptors (Lipinski definition) is 6.